The first-order chi connectivity index (χ1) is 18.1. The third kappa shape index (κ3) is 9.46. The molecule has 0 saturated carbocycles. The molecule has 0 saturated heterocycles. The van der Waals surface area contributed by atoms with Crippen LogP contribution in [-0.4, -0.2) is 38.2 Å². The van der Waals surface area contributed by atoms with Crippen LogP contribution in [0.4, 0.5) is 0 Å². The van der Waals surface area contributed by atoms with E-state index in [-0.39, 0.29) is 23.5 Å². The Labute approximate surface area is 222 Å². The fourth-order valence-electron chi connectivity index (χ4n) is 3.03. The highest BCUT2D eigenvalue weighted by molar-refractivity contribution is 5.93. The van der Waals surface area contributed by atoms with E-state index in [1.807, 2.05) is 6.92 Å². The maximum Gasteiger partial charge on any atom is 0.343 e. The van der Waals surface area contributed by atoms with Crippen molar-refractivity contribution in [3.05, 3.63) is 102 Å². The Bertz CT molecular complexity index is 1240. The van der Waals surface area contributed by atoms with E-state index in [9.17, 15) is 14.4 Å². The zero-order chi connectivity index (χ0) is 28.1. The number of methoxy groups -OCH3 is 1. The number of rotatable bonds is 14. The van der Waals surface area contributed by atoms with E-state index in [1.165, 1.54) is 25.3 Å². The van der Waals surface area contributed by atoms with E-state index in [1.54, 1.807) is 37.3 Å². The molecule has 0 radical (unpaired) electrons. The van der Waals surface area contributed by atoms with Crippen molar-refractivity contribution >= 4 is 17.9 Å². The van der Waals surface area contributed by atoms with Gasteiger partial charge in [0.25, 0.3) is 0 Å². The number of ether oxygens (including phenoxy) is 5. The number of esters is 3. The van der Waals surface area contributed by atoms with Crippen molar-refractivity contribution < 1.29 is 38.1 Å². The van der Waals surface area contributed by atoms with Crippen LogP contribution in [0.5, 0.6) is 17.2 Å². The first kappa shape index (κ1) is 29.6. The lowest BCUT2D eigenvalue weighted by Gasteiger charge is -2.13. The smallest absolute Gasteiger partial charge is 0.343 e. The van der Waals surface area contributed by atoms with Crippen LogP contribution in [0, 0.1) is 6.92 Å². The van der Waals surface area contributed by atoms with Gasteiger partial charge in [0, 0.05) is 6.08 Å². The number of hydrogen-bond donors (Lipinski definition) is 0. The van der Waals surface area contributed by atoms with Crippen LogP contribution in [0.1, 0.15) is 46.0 Å². The number of carbonyl (C=O) groups excluding carboxylic acids is 3. The number of allylic oxidation sites excluding steroid dienone is 3. The average Bonchev–Trinajstić information content (AvgIpc) is 2.90. The molecule has 0 atom stereocenters. The summed E-state index contributed by atoms with van der Waals surface area (Å²) < 4.78 is 26.7. The molecule has 0 amide bonds. The van der Waals surface area contributed by atoms with Gasteiger partial charge in [0.1, 0.15) is 11.5 Å². The number of hydrogen-bond acceptors (Lipinski definition) is 8. The maximum absolute atomic E-state index is 12.8. The minimum atomic E-state index is -0.601. The predicted molar refractivity (Wildman–Crippen MR) is 144 cm³/mol. The third-order valence-electron chi connectivity index (χ3n) is 5.00. The summed E-state index contributed by atoms with van der Waals surface area (Å²) in [5.74, 6) is -0.335. The molecule has 0 fully saturated rings. The van der Waals surface area contributed by atoms with Gasteiger partial charge in [-0.25, -0.2) is 14.4 Å². The van der Waals surface area contributed by atoms with Gasteiger partial charge >= 0.3 is 17.9 Å². The molecule has 0 aliphatic carbocycles. The molecule has 0 heterocycles. The van der Waals surface area contributed by atoms with E-state index in [2.05, 4.69) is 19.7 Å². The van der Waals surface area contributed by atoms with Gasteiger partial charge < -0.3 is 23.7 Å². The lowest BCUT2D eigenvalue weighted by Crippen LogP contribution is -2.11. The Kier molecular flexibility index (Phi) is 11.6. The molecule has 0 unspecified atom stereocenters. The number of unbranched alkanes of at least 4 members (excludes halogenated alkanes) is 1. The monoisotopic (exact) mass is 520 g/mol. The van der Waals surface area contributed by atoms with E-state index in [0.29, 0.717) is 42.3 Å². The van der Waals surface area contributed by atoms with E-state index in [0.717, 1.165) is 11.6 Å². The summed E-state index contributed by atoms with van der Waals surface area (Å²) in [6, 6.07) is 9.30. The van der Waals surface area contributed by atoms with Crippen molar-refractivity contribution in [2.75, 3.05) is 20.3 Å². The molecule has 8 heteroatoms. The van der Waals surface area contributed by atoms with Crippen molar-refractivity contribution in [2.45, 2.75) is 26.7 Å². The van der Waals surface area contributed by atoms with E-state index >= 15 is 0 Å². The van der Waals surface area contributed by atoms with Crippen LogP contribution in [0.3, 0.4) is 0 Å². The lowest BCUT2D eigenvalue weighted by molar-refractivity contribution is -0.137. The van der Waals surface area contributed by atoms with Gasteiger partial charge in [-0.05, 0) is 74.7 Å². The summed E-state index contributed by atoms with van der Waals surface area (Å²) in [7, 11) is 1.47. The van der Waals surface area contributed by atoms with Gasteiger partial charge in [-0.1, -0.05) is 31.4 Å². The Morgan fingerprint density at radius 2 is 1.53 bits per heavy atom. The summed E-state index contributed by atoms with van der Waals surface area (Å²) >= 11 is 0. The SMILES string of the molecule is C=CC(=O)OCCCCOc1ccc(C(=O)Oc2ccc(C(=O)OC(=C)/C=C\C(=C)C)cc2C)cc1OC. The summed E-state index contributed by atoms with van der Waals surface area (Å²) in [5.41, 5.74) is 1.91. The Morgan fingerprint density at radius 1 is 0.868 bits per heavy atom. The van der Waals surface area contributed by atoms with Gasteiger partial charge in [0.15, 0.2) is 11.5 Å². The summed E-state index contributed by atoms with van der Waals surface area (Å²) in [4.78, 5) is 36.2. The highest BCUT2D eigenvalue weighted by Crippen LogP contribution is 2.29. The number of aryl methyl sites for hydroxylation is 1. The van der Waals surface area contributed by atoms with E-state index < -0.39 is 17.9 Å². The van der Waals surface area contributed by atoms with Crippen molar-refractivity contribution in [2.24, 2.45) is 0 Å². The lowest BCUT2D eigenvalue weighted by atomic mass is 10.1. The molecule has 0 spiro atoms. The Morgan fingerprint density at radius 3 is 2.16 bits per heavy atom. The first-order valence-electron chi connectivity index (χ1n) is 11.8. The second-order valence-electron chi connectivity index (χ2n) is 8.20. The van der Waals surface area contributed by atoms with Gasteiger partial charge in [0.2, 0.25) is 0 Å². The quantitative estimate of drug-likeness (QED) is 0.0757. The van der Waals surface area contributed by atoms with Gasteiger partial charge in [-0.2, -0.15) is 0 Å². The fourth-order valence-corrected chi connectivity index (χ4v) is 3.03. The van der Waals surface area contributed by atoms with Crippen molar-refractivity contribution in [3.63, 3.8) is 0 Å². The van der Waals surface area contributed by atoms with Crippen LogP contribution < -0.4 is 14.2 Å². The molecular formula is C30H32O8. The van der Waals surface area contributed by atoms with Crippen LogP contribution in [-0.2, 0) is 14.3 Å². The predicted octanol–water partition coefficient (Wildman–Crippen LogP) is 5.91. The van der Waals surface area contributed by atoms with E-state index in [4.69, 9.17) is 23.7 Å². The number of carbonyl (C=O) groups is 3. The maximum atomic E-state index is 12.8. The summed E-state index contributed by atoms with van der Waals surface area (Å²) in [6.45, 7) is 14.9. The summed E-state index contributed by atoms with van der Waals surface area (Å²) in [5, 5.41) is 0. The molecule has 8 nitrogen and oxygen atoms in total. The molecule has 0 aliphatic heterocycles. The molecule has 2 aromatic rings. The van der Waals surface area contributed by atoms with Crippen LogP contribution in [0.25, 0.3) is 0 Å². The first-order valence-corrected chi connectivity index (χ1v) is 11.8. The molecule has 0 aliphatic rings. The topological polar surface area (TPSA) is 97.4 Å². The average molecular weight is 521 g/mol. The zero-order valence-electron chi connectivity index (χ0n) is 21.9. The normalized spacial score (nSPS) is 10.4. The molecule has 2 aromatic carbocycles. The molecule has 0 N–H and O–H groups in total. The molecule has 2 rings (SSSR count). The third-order valence-corrected chi connectivity index (χ3v) is 5.00. The molecule has 38 heavy (non-hydrogen) atoms. The van der Waals surface area contributed by atoms with Gasteiger partial charge in [-0.15, -0.1) is 0 Å². The molecular weight excluding hydrogens is 488 g/mol. The minimum Gasteiger partial charge on any atom is -0.493 e. The van der Waals surface area contributed by atoms with Crippen LogP contribution >= 0.6 is 0 Å². The number of benzene rings is 2. The van der Waals surface area contributed by atoms with Crippen LogP contribution in [0.15, 0.2) is 85.7 Å². The molecule has 0 bridgehead atoms. The second kappa shape index (κ2) is 14.8. The highest BCUT2D eigenvalue weighted by Gasteiger charge is 2.16. The fraction of sp³-hybridized carbons (Fsp3) is 0.233. The minimum absolute atomic E-state index is 0.182. The van der Waals surface area contributed by atoms with Gasteiger partial charge in [0.05, 0.1) is 31.5 Å². The second-order valence-corrected chi connectivity index (χ2v) is 8.20. The van der Waals surface area contributed by atoms with Crippen molar-refractivity contribution in [1.82, 2.24) is 0 Å². The Hall–Kier alpha value is -4.59. The molecule has 0 aromatic heterocycles. The summed E-state index contributed by atoms with van der Waals surface area (Å²) in [6.07, 6.45) is 5.63. The van der Waals surface area contributed by atoms with Crippen molar-refractivity contribution in [3.8, 4) is 17.2 Å². The highest BCUT2D eigenvalue weighted by atomic mass is 16.5. The Balaban J connectivity index is 1.97. The van der Waals surface area contributed by atoms with Crippen LogP contribution in [0.2, 0.25) is 0 Å². The van der Waals surface area contributed by atoms with Gasteiger partial charge in [-0.3, -0.25) is 0 Å². The molecule has 200 valence electrons. The zero-order valence-corrected chi connectivity index (χ0v) is 21.9. The standard InChI is InChI=1S/C30H32O8/c1-7-28(31)36-17-9-8-16-35-26-15-13-24(19-27(26)34-6)30(33)38-25-14-12-23(18-21(25)4)29(32)37-22(5)11-10-20(2)3/h7,10-15,18-19H,1-2,5,8-9,16-17H2,3-4,6H3/b11-10-. The largest absolute Gasteiger partial charge is 0.493 e. The van der Waals surface area contributed by atoms with Crippen molar-refractivity contribution in [1.29, 1.82) is 0 Å².